The fourth-order valence-electron chi connectivity index (χ4n) is 2.21. The van der Waals surface area contributed by atoms with Crippen molar-refractivity contribution in [1.82, 2.24) is 5.43 Å². The van der Waals surface area contributed by atoms with Crippen LogP contribution in [0.2, 0.25) is 0 Å². The molecule has 0 saturated carbocycles. The van der Waals surface area contributed by atoms with E-state index in [0.29, 0.717) is 18.1 Å². The standard InChI is InChI=1S/C19H18N2O4/c1-2-23-16-7-3-15(4-8-16)12-20-21-19(22)10-6-14-5-9-17-18(11-14)25-13-24-17/h3-12H,2,13H2,1H3,(H,21,22). The van der Waals surface area contributed by atoms with Crippen molar-refractivity contribution in [3.63, 3.8) is 0 Å². The molecule has 0 aromatic heterocycles. The number of hydrogen-bond acceptors (Lipinski definition) is 5. The van der Waals surface area contributed by atoms with Crippen molar-refractivity contribution in [2.45, 2.75) is 6.92 Å². The fraction of sp³-hybridized carbons (Fsp3) is 0.158. The lowest BCUT2D eigenvalue weighted by Gasteiger charge is -2.02. The number of ether oxygens (including phenoxy) is 3. The summed E-state index contributed by atoms with van der Waals surface area (Å²) in [5.74, 6) is 1.87. The van der Waals surface area contributed by atoms with Crippen LogP contribution in [-0.2, 0) is 4.79 Å². The number of carbonyl (C=O) groups excluding carboxylic acids is 1. The molecule has 2 aromatic carbocycles. The minimum atomic E-state index is -0.320. The van der Waals surface area contributed by atoms with E-state index in [1.165, 1.54) is 6.08 Å². The number of carbonyl (C=O) groups is 1. The highest BCUT2D eigenvalue weighted by atomic mass is 16.7. The molecule has 0 unspecified atom stereocenters. The van der Waals surface area contributed by atoms with Crippen molar-refractivity contribution in [3.8, 4) is 17.2 Å². The normalized spacial score (nSPS) is 12.7. The Morgan fingerprint density at radius 3 is 2.72 bits per heavy atom. The molecular weight excluding hydrogens is 320 g/mol. The largest absolute Gasteiger partial charge is 0.494 e. The van der Waals surface area contributed by atoms with Gasteiger partial charge in [-0.25, -0.2) is 5.43 Å². The van der Waals surface area contributed by atoms with Gasteiger partial charge >= 0.3 is 0 Å². The van der Waals surface area contributed by atoms with Gasteiger partial charge in [0.15, 0.2) is 11.5 Å². The molecule has 128 valence electrons. The number of nitrogens with one attached hydrogen (secondary N) is 1. The van der Waals surface area contributed by atoms with E-state index in [9.17, 15) is 4.79 Å². The summed E-state index contributed by atoms with van der Waals surface area (Å²) in [6.07, 6.45) is 4.67. The van der Waals surface area contributed by atoms with Gasteiger partial charge in [0, 0.05) is 6.08 Å². The molecule has 1 amide bonds. The van der Waals surface area contributed by atoms with Crippen LogP contribution in [-0.4, -0.2) is 25.5 Å². The van der Waals surface area contributed by atoms with Gasteiger partial charge in [-0.1, -0.05) is 6.07 Å². The first kappa shape index (κ1) is 16.6. The minimum Gasteiger partial charge on any atom is -0.494 e. The molecule has 0 spiro atoms. The second-order valence-electron chi connectivity index (χ2n) is 5.18. The number of rotatable bonds is 6. The number of hydrazone groups is 1. The lowest BCUT2D eigenvalue weighted by molar-refractivity contribution is -0.116. The van der Waals surface area contributed by atoms with Crippen LogP contribution in [0.25, 0.3) is 6.08 Å². The molecule has 1 heterocycles. The Kier molecular flexibility index (Phi) is 5.31. The second kappa shape index (κ2) is 8.01. The second-order valence-corrected chi connectivity index (χ2v) is 5.18. The van der Waals surface area contributed by atoms with Crippen molar-refractivity contribution >= 4 is 18.2 Å². The van der Waals surface area contributed by atoms with E-state index < -0.39 is 0 Å². The van der Waals surface area contributed by atoms with Crippen molar-refractivity contribution < 1.29 is 19.0 Å². The molecular formula is C19H18N2O4. The van der Waals surface area contributed by atoms with E-state index in [0.717, 1.165) is 16.9 Å². The Morgan fingerprint density at radius 2 is 1.92 bits per heavy atom. The Balaban J connectivity index is 1.52. The van der Waals surface area contributed by atoms with E-state index in [4.69, 9.17) is 14.2 Å². The van der Waals surface area contributed by atoms with E-state index in [1.54, 1.807) is 12.3 Å². The van der Waals surface area contributed by atoms with E-state index in [2.05, 4.69) is 10.5 Å². The first-order valence-electron chi connectivity index (χ1n) is 7.88. The fourth-order valence-corrected chi connectivity index (χ4v) is 2.21. The highest BCUT2D eigenvalue weighted by Gasteiger charge is 2.12. The predicted octanol–water partition coefficient (Wildman–Crippen LogP) is 2.98. The minimum absolute atomic E-state index is 0.225. The molecule has 6 nitrogen and oxygen atoms in total. The SMILES string of the molecule is CCOc1ccc(C=NNC(=O)C=Cc2ccc3c(c2)OCO3)cc1. The lowest BCUT2D eigenvalue weighted by Crippen LogP contribution is -2.14. The zero-order valence-electron chi connectivity index (χ0n) is 13.8. The summed E-state index contributed by atoms with van der Waals surface area (Å²) in [4.78, 5) is 11.8. The third-order valence-electron chi connectivity index (χ3n) is 3.40. The molecule has 1 N–H and O–H groups in total. The van der Waals surface area contributed by atoms with Crippen molar-refractivity contribution in [1.29, 1.82) is 0 Å². The molecule has 0 aliphatic carbocycles. The van der Waals surface area contributed by atoms with Crippen molar-refractivity contribution in [3.05, 3.63) is 59.7 Å². The van der Waals surface area contributed by atoms with Crippen LogP contribution in [0, 0.1) is 0 Å². The summed E-state index contributed by atoms with van der Waals surface area (Å²) in [7, 11) is 0. The zero-order valence-corrected chi connectivity index (χ0v) is 13.8. The average molecular weight is 338 g/mol. The Morgan fingerprint density at radius 1 is 1.16 bits per heavy atom. The third-order valence-corrected chi connectivity index (χ3v) is 3.40. The summed E-state index contributed by atoms with van der Waals surface area (Å²) in [5, 5.41) is 3.93. The first-order valence-corrected chi connectivity index (χ1v) is 7.88. The summed E-state index contributed by atoms with van der Waals surface area (Å²) in [5.41, 5.74) is 4.16. The maximum Gasteiger partial charge on any atom is 0.264 e. The van der Waals surface area contributed by atoms with Gasteiger partial charge < -0.3 is 14.2 Å². The molecule has 0 saturated heterocycles. The molecule has 0 bridgehead atoms. The van der Waals surface area contributed by atoms with E-state index >= 15 is 0 Å². The molecule has 2 aromatic rings. The number of fused-ring (bicyclic) bond motifs is 1. The monoisotopic (exact) mass is 338 g/mol. The maximum absolute atomic E-state index is 11.8. The van der Waals surface area contributed by atoms with E-state index in [1.807, 2.05) is 49.4 Å². The number of amides is 1. The van der Waals surface area contributed by atoms with Gasteiger partial charge in [0.05, 0.1) is 12.8 Å². The topological polar surface area (TPSA) is 69.2 Å². The van der Waals surface area contributed by atoms with Crippen LogP contribution in [0.4, 0.5) is 0 Å². The van der Waals surface area contributed by atoms with Crippen LogP contribution >= 0.6 is 0 Å². The number of hydrogen-bond donors (Lipinski definition) is 1. The zero-order chi connectivity index (χ0) is 17.5. The number of nitrogens with zero attached hydrogens (tertiary/aromatic N) is 1. The molecule has 6 heteroatoms. The van der Waals surface area contributed by atoms with Crippen LogP contribution in [0.15, 0.2) is 53.6 Å². The molecule has 25 heavy (non-hydrogen) atoms. The summed E-state index contributed by atoms with van der Waals surface area (Å²) in [6.45, 7) is 2.78. The first-order chi connectivity index (χ1) is 12.2. The van der Waals surface area contributed by atoms with Gasteiger partial charge in [0.1, 0.15) is 5.75 Å². The highest BCUT2D eigenvalue weighted by molar-refractivity contribution is 5.92. The van der Waals surface area contributed by atoms with Crippen LogP contribution in [0.5, 0.6) is 17.2 Å². The Bertz CT molecular complexity index is 798. The molecule has 3 rings (SSSR count). The molecule has 1 aliphatic rings. The molecule has 0 atom stereocenters. The van der Waals surface area contributed by atoms with Gasteiger partial charge in [-0.3, -0.25) is 4.79 Å². The lowest BCUT2D eigenvalue weighted by atomic mass is 10.2. The van der Waals surface area contributed by atoms with Gasteiger partial charge in [0.25, 0.3) is 5.91 Å². The highest BCUT2D eigenvalue weighted by Crippen LogP contribution is 2.32. The summed E-state index contributed by atoms with van der Waals surface area (Å²) >= 11 is 0. The van der Waals surface area contributed by atoms with Crippen LogP contribution in [0.1, 0.15) is 18.1 Å². The van der Waals surface area contributed by atoms with Crippen LogP contribution < -0.4 is 19.6 Å². The van der Waals surface area contributed by atoms with E-state index in [-0.39, 0.29) is 12.7 Å². The number of benzene rings is 2. The molecule has 0 radical (unpaired) electrons. The molecule has 1 aliphatic heterocycles. The van der Waals surface area contributed by atoms with Gasteiger partial charge in [-0.2, -0.15) is 5.10 Å². The maximum atomic E-state index is 11.8. The van der Waals surface area contributed by atoms with Gasteiger partial charge in [-0.15, -0.1) is 0 Å². The molecule has 0 fully saturated rings. The van der Waals surface area contributed by atoms with Crippen LogP contribution in [0.3, 0.4) is 0 Å². The smallest absolute Gasteiger partial charge is 0.264 e. The Labute approximate surface area is 145 Å². The Hall–Kier alpha value is -3.28. The summed E-state index contributed by atoms with van der Waals surface area (Å²) in [6, 6.07) is 12.9. The van der Waals surface area contributed by atoms with Crippen molar-refractivity contribution in [2.24, 2.45) is 5.10 Å². The quantitative estimate of drug-likeness (QED) is 0.499. The van der Waals surface area contributed by atoms with Crippen molar-refractivity contribution in [2.75, 3.05) is 13.4 Å². The predicted molar refractivity (Wildman–Crippen MR) is 94.9 cm³/mol. The summed E-state index contributed by atoms with van der Waals surface area (Å²) < 4.78 is 15.9. The average Bonchev–Trinajstić information content (AvgIpc) is 3.09. The van der Waals surface area contributed by atoms with Gasteiger partial charge in [-0.05, 0) is 60.5 Å². The third kappa shape index (κ3) is 4.60. The van der Waals surface area contributed by atoms with Gasteiger partial charge in [0.2, 0.25) is 6.79 Å².